The van der Waals surface area contributed by atoms with Gasteiger partial charge in [0.2, 0.25) is 0 Å². The lowest BCUT2D eigenvalue weighted by molar-refractivity contribution is 0.632. The summed E-state index contributed by atoms with van der Waals surface area (Å²) in [4.78, 5) is 0. The molecule has 0 fully saturated rings. The monoisotopic (exact) mass is 662 g/mol. The first-order valence-electron chi connectivity index (χ1n) is 17.8. The zero-order chi connectivity index (χ0) is 34.2. The van der Waals surface area contributed by atoms with Crippen molar-refractivity contribution in [2.24, 2.45) is 0 Å². The van der Waals surface area contributed by atoms with Crippen molar-refractivity contribution in [1.82, 2.24) is 0 Å². The van der Waals surface area contributed by atoms with Gasteiger partial charge in [0.1, 0.15) is 22.5 Å². The standard InChI is InChI=1S/C50H30O2/c1-2-14-32(15-3-1)48-37-18-6-8-20-39(37)49(40-21-9-7-19-38(40)48)42-24-12-26-45-50(42)41-28-27-33(29-46(41)52-45)35-22-11-25-44-43(35)30-47(51-44)36-23-10-16-31-13-4-5-17-34(31)36/h1-30H. The molecule has 11 aromatic rings. The number of hydrogen-bond donors (Lipinski definition) is 0. The Morgan fingerprint density at radius 1 is 0.288 bits per heavy atom. The maximum Gasteiger partial charge on any atom is 0.136 e. The third-order valence-corrected chi connectivity index (χ3v) is 10.7. The summed E-state index contributed by atoms with van der Waals surface area (Å²) in [5.74, 6) is 0.867. The Bertz CT molecular complexity index is 3120. The number of furan rings is 2. The van der Waals surface area contributed by atoms with Crippen LogP contribution in [0.1, 0.15) is 0 Å². The Hall–Kier alpha value is -6.90. The summed E-state index contributed by atoms with van der Waals surface area (Å²) in [6.45, 7) is 0. The predicted octanol–water partition coefficient (Wildman–Crippen LogP) is 14.5. The van der Waals surface area contributed by atoms with Crippen LogP contribution in [0.5, 0.6) is 0 Å². The highest BCUT2D eigenvalue weighted by molar-refractivity contribution is 6.25. The van der Waals surface area contributed by atoms with Gasteiger partial charge in [-0.25, -0.2) is 0 Å². The molecule has 0 spiro atoms. The molecule has 0 atom stereocenters. The molecule has 0 bridgehead atoms. The second-order valence-electron chi connectivity index (χ2n) is 13.6. The maximum atomic E-state index is 6.71. The lowest BCUT2D eigenvalue weighted by Crippen LogP contribution is -1.91. The smallest absolute Gasteiger partial charge is 0.136 e. The second kappa shape index (κ2) is 11.3. The fraction of sp³-hybridized carbons (Fsp3) is 0. The molecule has 2 aromatic heterocycles. The van der Waals surface area contributed by atoms with Gasteiger partial charge in [0.05, 0.1) is 0 Å². The van der Waals surface area contributed by atoms with Crippen molar-refractivity contribution in [1.29, 1.82) is 0 Å². The van der Waals surface area contributed by atoms with Crippen LogP contribution in [0, 0.1) is 0 Å². The van der Waals surface area contributed by atoms with Crippen LogP contribution >= 0.6 is 0 Å². The van der Waals surface area contributed by atoms with E-state index in [1.54, 1.807) is 0 Å². The van der Waals surface area contributed by atoms with Crippen molar-refractivity contribution in [3.05, 3.63) is 182 Å². The summed E-state index contributed by atoms with van der Waals surface area (Å²) in [5, 5.41) is 10.6. The molecule has 9 aromatic carbocycles. The Morgan fingerprint density at radius 2 is 0.885 bits per heavy atom. The molecule has 0 saturated carbocycles. The zero-order valence-corrected chi connectivity index (χ0v) is 28.1. The largest absolute Gasteiger partial charge is 0.456 e. The Labute approximate surface area is 299 Å². The van der Waals surface area contributed by atoms with E-state index in [1.807, 2.05) is 0 Å². The Balaban J connectivity index is 1.11. The fourth-order valence-corrected chi connectivity index (χ4v) is 8.42. The highest BCUT2D eigenvalue weighted by Crippen LogP contribution is 2.47. The third-order valence-electron chi connectivity index (χ3n) is 10.7. The zero-order valence-electron chi connectivity index (χ0n) is 28.1. The average molecular weight is 663 g/mol. The first-order chi connectivity index (χ1) is 25.8. The molecule has 2 heterocycles. The maximum absolute atomic E-state index is 6.71. The van der Waals surface area contributed by atoms with E-state index in [4.69, 9.17) is 8.83 Å². The van der Waals surface area contributed by atoms with Crippen LogP contribution in [0.25, 0.3) is 110 Å². The van der Waals surface area contributed by atoms with Crippen LogP contribution in [0.4, 0.5) is 0 Å². The highest BCUT2D eigenvalue weighted by Gasteiger charge is 2.21. The van der Waals surface area contributed by atoms with E-state index in [1.165, 1.54) is 54.6 Å². The van der Waals surface area contributed by atoms with Gasteiger partial charge in [-0.3, -0.25) is 0 Å². The molecular weight excluding hydrogens is 633 g/mol. The molecule has 0 amide bonds. The van der Waals surface area contributed by atoms with Crippen molar-refractivity contribution in [3.8, 4) is 44.7 Å². The van der Waals surface area contributed by atoms with Crippen molar-refractivity contribution in [2.75, 3.05) is 0 Å². The van der Waals surface area contributed by atoms with Gasteiger partial charge in [-0.1, -0.05) is 152 Å². The fourth-order valence-electron chi connectivity index (χ4n) is 8.42. The van der Waals surface area contributed by atoms with Gasteiger partial charge >= 0.3 is 0 Å². The van der Waals surface area contributed by atoms with Crippen LogP contribution in [-0.2, 0) is 0 Å². The van der Waals surface area contributed by atoms with Crippen LogP contribution in [0.3, 0.4) is 0 Å². The average Bonchev–Trinajstić information content (AvgIpc) is 3.82. The summed E-state index contributed by atoms with van der Waals surface area (Å²) >= 11 is 0. The molecule has 0 N–H and O–H groups in total. The molecule has 242 valence electrons. The van der Waals surface area contributed by atoms with Crippen LogP contribution in [0.2, 0.25) is 0 Å². The van der Waals surface area contributed by atoms with E-state index in [0.29, 0.717) is 0 Å². The van der Waals surface area contributed by atoms with Gasteiger partial charge in [-0.05, 0) is 96.0 Å². The van der Waals surface area contributed by atoms with E-state index < -0.39 is 0 Å². The van der Waals surface area contributed by atoms with Crippen molar-refractivity contribution < 1.29 is 8.83 Å². The van der Waals surface area contributed by atoms with Crippen LogP contribution < -0.4 is 0 Å². The topological polar surface area (TPSA) is 26.3 Å². The number of fused-ring (bicyclic) bond motifs is 7. The molecule has 2 nitrogen and oxygen atoms in total. The van der Waals surface area contributed by atoms with E-state index >= 15 is 0 Å². The molecule has 0 saturated heterocycles. The third kappa shape index (κ3) is 4.31. The molecule has 2 heteroatoms. The molecule has 0 aliphatic carbocycles. The van der Waals surface area contributed by atoms with Gasteiger partial charge in [-0.15, -0.1) is 0 Å². The molecule has 11 rings (SSSR count). The normalized spacial score (nSPS) is 11.8. The van der Waals surface area contributed by atoms with Gasteiger partial charge in [0.25, 0.3) is 0 Å². The molecule has 0 radical (unpaired) electrons. The minimum absolute atomic E-state index is 0.865. The lowest BCUT2D eigenvalue weighted by Gasteiger charge is -2.18. The molecule has 0 aliphatic rings. The Morgan fingerprint density at radius 3 is 1.65 bits per heavy atom. The summed E-state index contributed by atoms with van der Waals surface area (Å²) < 4.78 is 13.2. The van der Waals surface area contributed by atoms with E-state index in [-0.39, 0.29) is 0 Å². The minimum Gasteiger partial charge on any atom is -0.456 e. The summed E-state index contributed by atoms with van der Waals surface area (Å²) in [6, 6.07) is 64.8. The minimum atomic E-state index is 0.865. The van der Waals surface area contributed by atoms with Crippen molar-refractivity contribution in [3.63, 3.8) is 0 Å². The quantitative estimate of drug-likeness (QED) is 0.175. The van der Waals surface area contributed by atoms with Gasteiger partial charge in [-0.2, -0.15) is 0 Å². The highest BCUT2D eigenvalue weighted by atomic mass is 16.3. The second-order valence-corrected chi connectivity index (χ2v) is 13.6. The summed E-state index contributed by atoms with van der Waals surface area (Å²) in [7, 11) is 0. The number of hydrogen-bond acceptors (Lipinski definition) is 2. The van der Waals surface area contributed by atoms with E-state index in [0.717, 1.165) is 55.4 Å². The van der Waals surface area contributed by atoms with Crippen LogP contribution in [-0.4, -0.2) is 0 Å². The number of benzene rings is 9. The SMILES string of the molecule is c1ccc(-c2c3ccccc3c(-c3cccc4oc5cc(-c6cccc7oc(-c8cccc9ccccc89)cc67)ccc5c34)c3ccccc23)cc1. The van der Waals surface area contributed by atoms with E-state index in [2.05, 4.69) is 182 Å². The summed E-state index contributed by atoms with van der Waals surface area (Å²) in [6.07, 6.45) is 0. The Kier molecular flexibility index (Phi) is 6.28. The molecule has 0 unspecified atom stereocenters. The molecular formula is C50H30O2. The van der Waals surface area contributed by atoms with E-state index in [9.17, 15) is 0 Å². The molecule has 52 heavy (non-hydrogen) atoms. The number of rotatable bonds is 4. The van der Waals surface area contributed by atoms with Crippen LogP contribution in [0.15, 0.2) is 191 Å². The first kappa shape index (κ1) is 28.9. The van der Waals surface area contributed by atoms with Gasteiger partial charge in [0, 0.05) is 21.7 Å². The van der Waals surface area contributed by atoms with Gasteiger partial charge < -0.3 is 8.83 Å². The van der Waals surface area contributed by atoms with Gasteiger partial charge in [0.15, 0.2) is 0 Å². The molecule has 0 aliphatic heterocycles. The lowest BCUT2D eigenvalue weighted by atomic mass is 9.85. The van der Waals surface area contributed by atoms with Crippen molar-refractivity contribution in [2.45, 2.75) is 0 Å². The summed E-state index contributed by atoms with van der Waals surface area (Å²) in [5.41, 5.74) is 10.8. The predicted molar refractivity (Wildman–Crippen MR) is 218 cm³/mol. The van der Waals surface area contributed by atoms with Crippen molar-refractivity contribution >= 4 is 65.2 Å². The first-order valence-corrected chi connectivity index (χ1v) is 17.8.